The van der Waals surface area contributed by atoms with Gasteiger partial charge in [-0.3, -0.25) is 9.78 Å². The summed E-state index contributed by atoms with van der Waals surface area (Å²) in [6.07, 6.45) is 11.2. The Hall–Kier alpha value is -2.73. The lowest BCUT2D eigenvalue weighted by molar-refractivity contribution is 0.0938. The maximum Gasteiger partial charge on any atom is 0.253 e. The summed E-state index contributed by atoms with van der Waals surface area (Å²) in [6, 6.07) is 6.25. The zero-order valence-corrected chi connectivity index (χ0v) is 21.0. The molecule has 3 heterocycles. The quantitative estimate of drug-likeness (QED) is 0.379. The molecule has 6 heteroatoms. The van der Waals surface area contributed by atoms with E-state index in [1.165, 1.54) is 31.3 Å². The minimum Gasteiger partial charge on any atom is -0.350 e. The fourth-order valence-corrected chi connectivity index (χ4v) is 5.09. The van der Waals surface area contributed by atoms with E-state index < -0.39 is 0 Å². The first-order valence-corrected chi connectivity index (χ1v) is 12.9. The first-order valence-electron chi connectivity index (χ1n) is 12.0. The first-order chi connectivity index (χ1) is 16.0. The molecule has 1 aliphatic carbocycles. The predicted molar refractivity (Wildman–Crippen MR) is 137 cm³/mol. The topological polar surface area (TPSA) is 59.8 Å². The molecular formula is C27H34N4OS. The lowest BCUT2D eigenvalue weighted by Gasteiger charge is -2.16. The maximum absolute atomic E-state index is 13.0. The number of allylic oxidation sites excluding steroid dienone is 2. The van der Waals surface area contributed by atoms with Crippen LogP contribution in [-0.4, -0.2) is 26.5 Å². The van der Waals surface area contributed by atoms with E-state index in [2.05, 4.69) is 46.2 Å². The van der Waals surface area contributed by atoms with Gasteiger partial charge in [0.15, 0.2) is 0 Å². The Kier molecular flexibility index (Phi) is 7.43. The Bertz CT molecular complexity index is 1140. The van der Waals surface area contributed by atoms with Crippen molar-refractivity contribution in [3.63, 3.8) is 0 Å². The van der Waals surface area contributed by atoms with Crippen LogP contribution in [0.1, 0.15) is 74.1 Å². The molecule has 1 aliphatic rings. The number of rotatable bonds is 8. The number of nitrogens with zero attached hydrogens (tertiary/aromatic N) is 3. The van der Waals surface area contributed by atoms with Crippen molar-refractivity contribution in [1.29, 1.82) is 0 Å². The molecule has 4 rings (SSSR count). The van der Waals surface area contributed by atoms with E-state index in [1.807, 2.05) is 32.2 Å². The van der Waals surface area contributed by atoms with E-state index in [0.29, 0.717) is 0 Å². The number of pyridine rings is 1. The number of hydrogen-bond acceptors (Lipinski definition) is 4. The third-order valence-electron chi connectivity index (χ3n) is 6.57. The molecule has 0 radical (unpaired) electrons. The van der Waals surface area contributed by atoms with Crippen molar-refractivity contribution in [2.24, 2.45) is 0 Å². The van der Waals surface area contributed by atoms with Gasteiger partial charge in [0.25, 0.3) is 5.91 Å². The van der Waals surface area contributed by atoms with Crippen LogP contribution < -0.4 is 5.32 Å². The zero-order valence-electron chi connectivity index (χ0n) is 20.1. The van der Waals surface area contributed by atoms with Gasteiger partial charge >= 0.3 is 0 Å². The van der Waals surface area contributed by atoms with Gasteiger partial charge in [-0.1, -0.05) is 18.6 Å². The molecule has 1 amide bonds. The summed E-state index contributed by atoms with van der Waals surface area (Å²) in [6.45, 7) is 9.04. The SMILES string of the molecule is CCC(C)NC(=O)c1cc(-c2csc(-c3ccc(C)nc3)n2)n(CCC2=CCCCC2)c1C. The number of amides is 1. The molecule has 0 saturated heterocycles. The highest BCUT2D eigenvalue weighted by atomic mass is 32.1. The van der Waals surface area contributed by atoms with Crippen molar-refractivity contribution in [2.75, 3.05) is 0 Å². The number of nitrogens with one attached hydrogen (secondary N) is 1. The Morgan fingerprint density at radius 2 is 2.12 bits per heavy atom. The Morgan fingerprint density at radius 3 is 2.82 bits per heavy atom. The smallest absolute Gasteiger partial charge is 0.253 e. The van der Waals surface area contributed by atoms with Crippen molar-refractivity contribution in [3.8, 4) is 22.0 Å². The molecule has 5 nitrogen and oxygen atoms in total. The summed E-state index contributed by atoms with van der Waals surface area (Å²) in [7, 11) is 0. The van der Waals surface area contributed by atoms with E-state index in [4.69, 9.17) is 4.98 Å². The fourth-order valence-electron chi connectivity index (χ4n) is 4.28. The average molecular weight is 463 g/mol. The standard InChI is InChI=1S/C27H34N4OS/c1-5-18(2)29-26(32)23-15-25(31(20(23)4)14-13-21-9-7-6-8-10-21)24-17-33-27(30-24)22-12-11-19(3)28-16-22/h9,11-12,15-18H,5-8,10,13-14H2,1-4H3,(H,29,32). The lowest BCUT2D eigenvalue weighted by atomic mass is 9.97. The molecule has 174 valence electrons. The molecule has 3 aromatic heterocycles. The summed E-state index contributed by atoms with van der Waals surface area (Å²) < 4.78 is 2.28. The second-order valence-electron chi connectivity index (χ2n) is 9.05. The highest BCUT2D eigenvalue weighted by Crippen LogP contribution is 2.32. The Balaban J connectivity index is 1.67. The number of aryl methyl sites for hydroxylation is 1. The highest BCUT2D eigenvalue weighted by molar-refractivity contribution is 7.13. The summed E-state index contributed by atoms with van der Waals surface area (Å²) in [5.41, 5.74) is 7.24. The Labute approximate surface area is 201 Å². The van der Waals surface area contributed by atoms with Crippen LogP contribution in [0.25, 0.3) is 22.0 Å². The van der Waals surface area contributed by atoms with Gasteiger partial charge in [-0.15, -0.1) is 11.3 Å². The van der Waals surface area contributed by atoms with Crippen LogP contribution in [0.15, 0.2) is 41.4 Å². The number of carbonyl (C=O) groups is 1. The maximum atomic E-state index is 13.0. The first kappa shape index (κ1) is 23.4. The second kappa shape index (κ2) is 10.5. The molecular weight excluding hydrogens is 428 g/mol. The van der Waals surface area contributed by atoms with Crippen LogP contribution in [0.4, 0.5) is 0 Å². The van der Waals surface area contributed by atoms with Gasteiger partial charge in [0.1, 0.15) is 5.01 Å². The number of carbonyl (C=O) groups excluding carboxylic acids is 1. The molecule has 0 fully saturated rings. The van der Waals surface area contributed by atoms with E-state index in [0.717, 1.165) is 58.3 Å². The molecule has 33 heavy (non-hydrogen) atoms. The van der Waals surface area contributed by atoms with Crippen LogP contribution in [-0.2, 0) is 6.54 Å². The van der Waals surface area contributed by atoms with Gasteiger partial charge in [-0.05, 0) is 77.5 Å². The summed E-state index contributed by atoms with van der Waals surface area (Å²) in [4.78, 5) is 22.4. The largest absolute Gasteiger partial charge is 0.350 e. The van der Waals surface area contributed by atoms with Crippen molar-refractivity contribution >= 4 is 17.2 Å². The third-order valence-corrected chi connectivity index (χ3v) is 7.46. The van der Waals surface area contributed by atoms with Gasteiger partial charge in [-0.2, -0.15) is 0 Å². The molecule has 1 atom stereocenters. The van der Waals surface area contributed by atoms with Crippen LogP contribution in [0.3, 0.4) is 0 Å². The normalized spacial score (nSPS) is 14.7. The lowest BCUT2D eigenvalue weighted by Crippen LogP contribution is -2.32. The minimum atomic E-state index is -0.00285. The average Bonchev–Trinajstić information content (AvgIpc) is 3.43. The van der Waals surface area contributed by atoms with Crippen molar-refractivity contribution < 1.29 is 4.79 Å². The fraction of sp³-hybridized carbons (Fsp3) is 0.444. The van der Waals surface area contributed by atoms with Crippen LogP contribution >= 0.6 is 11.3 Å². The molecule has 0 spiro atoms. The Morgan fingerprint density at radius 1 is 1.27 bits per heavy atom. The van der Waals surface area contributed by atoms with Gasteiger partial charge in [0.05, 0.1) is 17.0 Å². The number of thiazole rings is 1. The van der Waals surface area contributed by atoms with Crippen molar-refractivity contribution in [1.82, 2.24) is 19.9 Å². The van der Waals surface area contributed by atoms with Crippen molar-refractivity contribution in [2.45, 2.75) is 78.8 Å². The molecule has 1 N–H and O–H groups in total. The monoisotopic (exact) mass is 462 g/mol. The van der Waals surface area contributed by atoms with E-state index in [9.17, 15) is 4.79 Å². The van der Waals surface area contributed by atoms with E-state index in [1.54, 1.807) is 11.3 Å². The number of aromatic nitrogens is 3. The number of hydrogen-bond donors (Lipinski definition) is 1. The van der Waals surface area contributed by atoms with Gasteiger partial charge in [0, 0.05) is 41.1 Å². The second-order valence-corrected chi connectivity index (χ2v) is 9.91. The molecule has 1 unspecified atom stereocenters. The minimum absolute atomic E-state index is 0.00285. The molecule has 0 saturated carbocycles. The highest BCUT2D eigenvalue weighted by Gasteiger charge is 2.21. The van der Waals surface area contributed by atoms with Gasteiger partial charge in [-0.25, -0.2) is 4.98 Å². The van der Waals surface area contributed by atoms with Crippen LogP contribution in [0, 0.1) is 13.8 Å². The molecule has 3 aromatic rings. The van der Waals surface area contributed by atoms with Gasteiger partial charge < -0.3 is 9.88 Å². The third kappa shape index (κ3) is 5.44. The molecule has 0 aromatic carbocycles. The van der Waals surface area contributed by atoms with E-state index >= 15 is 0 Å². The molecule has 0 bridgehead atoms. The van der Waals surface area contributed by atoms with E-state index in [-0.39, 0.29) is 11.9 Å². The summed E-state index contributed by atoms with van der Waals surface area (Å²) in [5.74, 6) is -0.00285. The predicted octanol–water partition coefficient (Wildman–Crippen LogP) is 6.71. The summed E-state index contributed by atoms with van der Waals surface area (Å²) >= 11 is 1.62. The summed E-state index contributed by atoms with van der Waals surface area (Å²) in [5, 5.41) is 6.17. The van der Waals surface area contributed by atoms with Crippen LogP contribution in [0.5, 0.6) is 0 Å². The molecule has 0 aliphatic heterocycles. The zero-order chi connectivity index (χ0) is 23.4. The van der Waals surface area contributed by atoms with Gasteiger partial charge in [0.2, 0.25) is 0 Å². The van der Waals surface area contributed by atoms with Crippen LogP contribution in [0.2, 0.25) is 0 Å². The van der Waals surface area contributed by atoms with Crippen molar-refractivity contribution in [3.05, 3.63) is 58.4 Å².